The maximum atomic E-state index is 14.4. The van der Waals surface area contributed by atoms with Crippen LogP contribution < -0.4 is 10.2 Å². The van der Waals surface area contributed by atoms with E-state index in [-0.39, 0.29) is 18.2 Å². The molecule has 0 unspecified atom stereocenters. The van der Waals surface area contributed by atoms with Crippen molar-refractivity contribution < 1.29 is 17.6 Å². The summed E-state index contributed by atoms with van der Waals surface area (Å²) in [5.74, 6) is -0.748. The van der Waals surface area contributed by atoms with Crippen molar-refractivity contribution in [2.75, 3.05) is 17.2 Å². The van der Waals surface area contributed by atoms with E-state index in [1.165, 1.54) is 24.2 Å². The summed E-state index contributed by atoms with van der Waals surface area (Å²) in [5.41, 5.74) is 2.28. The predicted octanol–water partition coefficient (Wildman–Crippen LogP) is 2.55. The fraction of sp³-hybridized carbons (Fsp3) is 0.150. The van der Waals surface area contributed by atoms with E-state index in [0.717, 1.165) is 10.6 Å². The number of sulfonamides is 1. The number of thioether (sulfide) groups is 1. The van der Waals surface area contributed by atoms with Gasteiger partial charge in [0.2, 0.25) is 0 Å². The Kier molecular flexibility index (Phi) is 4.78. The molecule has 0 fully saturated rings. The summed E-state index contributed by atoms with van der Waals surface area (Å²) < 4.78 is 43.2. The number of hydrogen-bond donors (Lipinski definition) is 1. The zero-order valence-corrected chi connectivity index (χ0v) is 17.7. The molecule has 2 aromatic carbocycles. The Bertz CT molecular complexity index is 1320. The number of benzene rings is 2. The Hall–Kier alpha value is -3.18. The molecule has 31 heavy (non-hydrogen) atoms. The molecule has 3 heterocycles. The van der Waals surface area contributed by atoms with Crippen LogP contribution in [0.3, 0.4) is 0 Å². The monoisotopic (exact) mass is 457 g/mol. The first-order valence-corrected chi connectivity index (χ1v) is 11.8. The first kappa shape index (κ1) is 19.8. The molecule has 1 amide bonds. The highest BCUT2D eigenvalue weighted by Gasteiger charge is 2.33. The lowest BCUT2D eigenvalue weighted by molar-refractivity contribution is 0.0950. The van der Waals surface area contributed by atoms with Gasteiger partial charge in [-0.3, -0.25) is 4.79 Å². The highest BCUT2D eigenvalue weighted by molar-refractivity contribution is 8.15. The molecule has 2 aliphatic heterocycles. The number of amidine groups is 1. The number of hydrogen-bond acceptors (Lipinski definition) is 6. The second-order valence-corrected chi connectivity index (χ2v) is 9.80. The van der Waals surface area contributed by atoms with Gasteiger partial charge in [0.15, 0.2) is 5.17 Å². The highest BCUT2D eigenvalue weighted by atomic mass is 32.2. The smallest absolute Gasteiger partial charge is 0.257 e. The van der Waals surface area contributed by atoms with Gasteiger partial charge < -0.3 is 14.8 Å². The number of carbonyl (C=O) groups is 1. The van der Waals surface area contributed by atoms with Crippen LogP contribution >= 0.6 is 11.8 Å². The topological polar surface area (TPSA) is 96.7 Å². The number of imidazole rings is 1. The molecular formula is C20H16FN5O3S2. The van der Waals surface area contributed by atoms with Crippen LogP contribution in [0, 0.1) is 5.82 Å². The van der Waals surface area contributed by atoms with Gasteiger partial charge in [0.25, 0.3) is 15.9 Å². The molecule has 0 spiro atoms. The number of fused-ring (bicyclic) bond motifs is 3. The summed E-state index contributed by atoms with van der Waals surface area (Å²) >= 11 is 1.23. The average Bonchev–Trinajstić information content (AvgIpc) is 3.38. The second-order valence-electron chi connectivity index (χ2n) is 7.03. The molecule has 0 atom stereocenters. The van der Waals surface area contributed by atoms with Crippen molar-refractivity contribution in [2.24, 2.45) is 4.40 Å². The third-order valence-corrected chi connectivity index (χ3v) is 7.29. The van der Waals surface area contributed by atoms with Gasteiger partial charge in [-0.2, -0.15) is 0 Å². The Morgan fingerprint density at radius 2 is 2.03 bits per heavy atom. The minimum absolute atomic E-state index is 0.0328. The Morgan fingerprint density at radius 1 is 1.19 bits per heavy atom. The number of rotatable bonds is 4. The van der Waals surface area contributed by atoms with Crippen molar-refractivity contribution in [2.45, 2.75) is 11.4 Å². The molecular weight excluding hydrogens is 441 g/mol. The molecule has 0 bridgehead atoms. The summed E-state index contributed by atoms with van der Waals surface area (Å²) in [6.45, 7) is 0.509. The van der Waals surface area contributed by atoms with Crippen LogP contribution in [0.15, 0.2) is 64.4 Å². The van der Waals surface area contributed by atoms with Crippen LogP contribution in [0.1, 0.15) is 15.9 Å². The highest BCUT2D eigenvalue weighted by Crippen LogP contribution is 2.42. The summed E-state index contributed by atoms with van der Waals surface area (Å²) in [6.07, 6.45) is 4.73. The number of carbonyl (C=O) groups excluding carboxylic acids is 1. The number of anilines is 1. The van der Waals surface area contributed by atoms with Crippen molar-refractivity contribution in [3.05, 3.63) is 72.1 Å². The second kappa shape index (κ2) is 7.50. The molecule has 8 nitrogen and oxygen atoms in total. The normalized spacial score (nSPS) is 16.4. The molecule has 1 aromatic heterocycles. The number of aromatic nitrogens is 2. The summed E-state index contributed by atoms with van der Waals surface area (Å²) in [4.78, 5) is 19.1. The largest absolute Gasteiger partial charge is 0.348 e. The van der Waals surface area contributed by atoms with E-state index in [0.29, 0.717) is 28.5 Å². The average molecular weight is 458 g/mol. The van der Waals surface area contributed by atoms with E-state index >= 15 is 0 Å². The molecule has 11 heteroatoms. The van der Waals surface area contributed by atoms with E-state index in [4.69, 9.17) is 0 Å². The van der Waals surface area contributed by atoms with Gasteiger partial charge >= 0.3 is 0 Å². The lowest BCUT2D eigenvalue weighted by Gasteiger charge is -2.22. The van der Waals surface area contributed by atoms with Crippen molar-refractivity contribution in [3.63, 3.8) is 0 Å². The van der Waals surface area contributed by atoms with Crippen LogP contribution in [-0.4, -0.2) is 41.3 Å². The number of halogens is 1. The Morgan fingerprint density at radius 3 is 2.81 bits per heavy atom. The zero-order chi connectivity index (χ0) is 21.6. The summed E-state index contributed by atoms with van der Waals surface area (Å²) in [5, 5.41) is 3.20. The molecule has 1 N–H and O–H groups in total. The van der Waals surface area contributed by atoms with Gasteiger partial charge in [-0.1, -0.05) is 6.07 Å². The first-order chi connectivity index (χ1) is 14.9. The van der Waals surface area contributed by atoms with Crippen molar-refractivity contribution in [3.8, 4) is 5.69 Å². The lowest BCUT2D eigenvalue weighted by atomic mass is 10.1. The summed E-state index contributed by atoms with van der Waals surface area (Å²) in [6, 6.07) is 9.94. The van der Waals surface area contributed by atoms with Crippen molar-refractivity contribution >= 4 is 38.5 Å². The van der Waals surface area contributed by atoms with Crippen molar-refractivity contribution in [1.82, 2.24) is 14.9 Å². The van der Waals surface area contributed by atoms with E-state index in [1.54, 1.807) is 47.3 Å². The SMILES string of the molecule is O=C(NCc1ccc(-n2ccnc2)c(F)c1)c1ccc2c(c1)SC1=NS(=O)(=O)CCN12. The Labute approximate surface area is 181 Å². The van der Waals surface area contributed by atoms with Gasteiger partial charge in [-0.15, -0.1) is 4.40 Å². The first-order valence-electron chi connectivity index (χ1n) is 9.37. The van der Waals surface area contributed by atoms with E-state index in [2.05, 4.69) is 14.7 Å². The van der Waals surface area contributed by atoms with Gasteiger partial charge in [-0.05, 0) is 47.7 Å². The third kappa shape index (κ3) is 3.81. The lowest BCUT2D eigenvalue weighted by Crippen LogP contribution is -2.35. The molecule has 2 aliphatic rings. The molecule has 3 aromatic rings. The summed E-state index contributed by atoms with van der Waals surface area (Å²) in [7, 11) is -3.43. The molecule has 5 rings (SSSR count). The number of nitrogens with zero attached hydrogens (tertiary/aromatic N) is 4. The molecule has 158 valence electrons. The van der Waals surface area contributed by atoms with Crippen LogP contribution in [0.4, 0.5) is 10.1 Å². The minimum Gasteiger partial charge on any atom is -0.348 e. The third-order valence-electron chi connectivity index (χ3n) is 4.98. The fourth-order valence-electron chi connectivity index (χ4n) is 3.43. The maximum Gasteiger partial charge on any atom is 0.257 e. The Balaban J connectivity index is 1.29. The fourth-order valence-corrected chi connectivity index (χ4v) is 5.72. The van der Waals surface area contributed by atoms with Crippen molar-refractivity contribution in [1.29, 1.82) is 0 Å². The van der Waals surface area contributed by atoms with Crippen LogP contribution in [0.25, 0.3) is 5.69 Å². The van der Waals surface area contributed by atoms with Crippen LogP contribution in [0.2, 0.25) is 0 Å². The zero-order valence-electron chi connectivity index (χ0n) is 16.0. The quantitative estimate of drug-likeness (QED) is 0.647. The predicted molar refractivity (Wildman–Crippen MR) is 116 cm³/mol. The molecule has 0 saturated carbocycles. The number of amides is 1. The van der Waals surface area contributed by atoms with E-state index < -0.39 is 15.8 Å². The van der Waals surface area contributed by atoms with E-state index in [1.807, 2.05) is 4.90 Å². The van der Waals surface area contributed by atoms with Crippen LogP contribution in [-0.2, 0) is 16.6 Å². The van der Waals surface area contributed by atoms with E-state index in [9.17, 15) is 17.6 Å². The van der Waals surface area contributed by atoms with Gasteiger partial charge in [0.1, 0.15) is 5.82 Å². The molecule has 0 radical (unpaired) electrons. The van der Waals surface area contributed by atoms with Gasteiger partial charge in [0.05, 0.1) is 23.5 Å². The van der Waals surface area contributed by atoms with Gasteiger partial charge in [0, 0.05) is 35.9 Å². The van der Waals surface area contributed by atoms with Crippen LogP contribution in [0.5, 0.6) is 0 Å². The number of nitrogens with one attached hydrogen (secondary N) is 1. The molecule has 0 aliphatic carbocycles. The molecule has 0 saturated heterocycles. The standard InChI is InChI=1S/C20H16FN5O3S2/c21-15-9-13(1-3-16(15)25-6-5-22-12-25)11-23-19(27)14-2-4-17-18(10-14)30-20-24-31(28,29)8-7-26(17)20/h1-6,9-10,12H,7-8,11H2,(H,23,27). The minimum atomic E-state index is -3.43. The van der Waals surface area contributed by atoms with Gasteiger partial charge in [-0.25, -0.2) is 17.8 Å². The maximum absolute atomic E-state index is 14.4.